The molecule has 4 nitrogen and oxygen atoms in total. The van der Waals surface area contributed by atoms with Crippen molar-refractivity contribution in [2.75, 3.05) is 13.1 Å². The van der Waals surface area contributed by atoms with E-state index in [0.29, 0.717) is 0 Å². The van der Waals surface area contributed by atoms with Crippen molar-refractivity contribution in [2.45, 2.75) is 26.5 Å². The topological polar surface area (TPSA) is 52.2 Å². The summed E-state index contributed by atoms with van der Waals surface area (Å²) in [6, 6.07) is 0. The Kier molecular flexibility index (Phi) is 2.33. The molecule has 1 aliphatic heterocycles. The second-order valence-electron chi connectivity index (χ2n) is 4.78. The van der Waals surface area contributed by atoms with Gasteiger partial charge in [0, 0.05) is 36.8 Å². The van der Waals surface area contributed by atoms with Crippen LogP contribution in [0.25, 0.3) is 0 Å². The quantitative estimate of drug-likeness (QED) is 0.727. The standard InChI is InChI=1S/C10H17N3O/c1-10(2)7-13(6-9(10)14)5-8-3-11-12-4-8/h3-4,9,14H,5-7H2,1-2H3,(H,11,12). The van der Waals surface area contributed by atoms with Crippen LogP contribution in [0.1, 0.15) is 19.4 Å². The lowest BCUT2D eigenvalue weighted by Crippen LogP contribution is -2.26. The maximum atomic E-state index is 9.79. The van der Waals surface area contributed by atoms with Crippen molar-refractivity contribution in [1.29, 1.82) is 0 Å². The minimum atomic E-state index is -0.214. The number of β-amino-alcohol motifs (C(OH)–C–C–N with tert-alkyl or cyclic N) is 1. The van der Waals surface area contributed by atoms with Crippen LogP contribution < -0.4 is 0 Å². The molecule has 0 amide bonds. The number of hydrogen-bond acceptors (Lipinski definition) is 3. The zero-order valence-electron chi connectivity index (χ0n) is 8.70. The zero-order chi connectivity index (χ0) is 10.2. The van der Waals surface area contributed by atoms with Gasteiger partial charge in [-0.05, 0) is 0 Å². The van der Waals surface area contributed by atoms with Crippen molar-refractivity contribution in [2.24, 2.45) is 5.41 Å². The van der Waals surface area contributed by atoms with Gasteiger partial charge in [-0.3, -0.25) is 10.00 Å². The van der Waals surface area contributed by atoms with E-state index in [-0.39, 0.29) is 11.5 Å². The van der Waals surface area contributed by atoms with Crippen molar-refractivity contribution in [1.82, 2.24) is 15.1 Å². The van der Waals surface area contributed by atoms with Gasteiger partial charge in [0.15, 0.2) is 0 Å². The van der Waals surface area contributed by atoms with E-state index in [0.717, 1.165) is 19.6 Å². The average Bonchev–Trinajstić information content (AvgIpc) is 2.62. The number of nitrogens with one attached hydrogen (secondary N) is 1. The fourth-order valence-corrected chi connectivity index (χ4v) is 1.98. The largest absolute Gasteiger partial charge is 0.391 e. The van der Waals surface area contributed by atoms with E-state index < -0.39 is 0 Å². The molecule has 2 heterocycles. The van der Waals surface area contributed by atoms with Crippen molar-refractivity contribution in [3.8, 4) is 0 Å². The summed E-state index contributed by atoms with van der Waals surface area (Å²) in [7, 11) is 0. The highest BCUT2D eigenvalue weighted by molar-refractivity contribution is 5.04. The van der Waals surface area contributed by atoms with Gasteiger partial charge in [0.2, 0.25) is 0 Å². The lowest BCUT2D eigenvalue weighted by Gasteiger charge is -2.20. The van der Waals surface area contributed by atoms with Crippen LogP contribution in [0.2, 0.25) is 0 Å². The Labute approximate surface area is 83.9 Å². The summed E-state index contributed by atoms with van der Waals surface area (Å²) in [6.45, 7) is 6.79. The van der Waals surface area contributed by atoms with Crippen LogP contribution in [0, 0.1) is 5.41 Å². The Morgan fingerprint density at radius 2 is 2.50 bits per heavy atom. The number of rotatable bonds is 2. The molecule has 1 aliphatic rings. The number of likely N-dealkylation sites (tertiary alicyclic amines) is 1. The molecule has 0 saturated carbocycles. The number of H-pyrrole nitrogens is 1. The first-order valence-electron chi connectivity index (χ1n) is 4.96. The van der Waals surface area contributed by atoms with Gasteiger partial charge in [0.25, 0.3) is 0 Å². The Balaban J connectivity index is 1.96. The smallest absolute Gasteiger partial charge is 0.0730 e. The van der Waals surface area contributed by atoms with Crippen LogP contribution >= 0.6 is 0 Å². The van der Waals surface area contributed by atoms with Crippen LogP contribution in [0.4, 0.5) is 0 Å². The monoisotopic (exact) mass is 195 g/mol. The zero-order valence-corrected chi connectivity index (χ0v) is 8.70. The second-order valence-corrected chi connectivity index (χ2v) is 4.78. The second kappa shape index (κ2) is 3.37. The minimum Gasteiger partial charge on any atom is -0.391 e. The number of aromatic nitrogens is 2. The summed E-state index contributed by atoms with van der Waals surface area (Å²) in [5.74, 6) is 0. The van der Waals surface area contributed by atoms with E-state index >= 15 is 0 Å². The van der Waals surface area contributed by atoms with Crippen molar-refractivity contribution in [3.05, 3.63) is 18.0 Å². The third-order valence-electron chi connectivity index (χ3n) is 2.93. The fraction of sp³-hybridized carbons (Fsp3) is 0.700. The Hall–Kier alpha value is -0.870. The van der Waals surface area contributed by atoms with Crippen LogP contribution in [0.15, 0.2) is 12.4 Å². The maximum absolute atomic E-state index is 9.79. The highest BCUT2D eigenvalue weighted by Crippen LogP contribution is 2.30. The summed E-state index contributed by atoms with van der Waals surface area (Å²) in [4.78, 5) is 2.26. The lowest BCUT2D eigenvalue weighted by atomic mass is 9.90. The van der Waals surface area contributed by atoms with Crippen LogP contribution in [-0.4, -0.2) is 39.4 Å². The molecule has 0 spiro atoms. The van der Waals surface area contributed by atoms with Gasteiger partial charge in [-0.15, -0.1) is 0 Å². The average molecular weight is 195 g/mol. The molecule has 1 aromatic rings. The normalized spacial score (nSPS) is 26.9. The number of aliphatic hydroxyl groups excluding tert-OH is 1. The van der Waals surface area contributed by atoms with E-state index in [2.05, 4.69) is 28.9 Å². The SMILES string of the molecule is CC1(C)CN(Cc2cn[nH]c2)CC1O. The number of nitrogens with zero attached hydrogens (tertiary/aromatic N) is 2. The molecular weight excluding hydrogens is 178 g/mol. The van der Waals surface area contributed by atoms with E-state index in [9.17, 15) is 5.11 Å². The van der Waals surface area contributed by atoms with Gasteiger partial charge < -0.3 is 5.11 Å². The van der Waals surface area contributed by atoms with Gasteiger partial charge in [-0.1, -0.05) is 13.8 Å². The van der Waals surface area contributed by atoms with Crippen LogP contribution in [0.3, 0.4) is 0 Å². The summed E-state index contributed by atoms with van der Waals surface area (Å²) in [6.07, 6.45) is 3.52. The minimum absolute atomic E-state index is 0.0176. The maximum Gasteiger partial charge on any atom is 0.0730 e. The molecule has 0 bridgehead atoms. The fourth-order valence-electron chi connectivity index (χ4n) is 1.98. The Bertz CT molecular complexity index is 294. The first-order chi connectivity index (χ1) is 6.58. The van der Waals surface area contributed by atoms with E-state index in [1.54, 1.807) is 0 Å². The van der Waals surface area contributed by atoms with E-state index in [4.69, 9.17) is 0 Å². The Morgan fingerprint density at radius 3 is 3.00 bits per heavy atom. The third kappa shape index (κ3) is 1.81. The summed E-state index contributed by atoms with van der Waals surface area (Å²) in [5.41, 5.74) is 1.19. The molecule has 1 atom stereocenters. The molecule has 14 heavy (non-hydrogen) atoms. The molecule has 1 aromatic heterocycles. The van der Waals surface area contributed by atoms with Gasteiger partial charge >= 0.3 is 0 Å². The lowest BCUT2D eigenvalue weighted by molar-refractivity contribution is 0.0955. The molecule has 0 aromatic carbocycles. The molecule has 1 fully saturated rings. The van der Waals surface area contributed by atoms with Gasteiger partial charge in [-0.25, -0.2) is 0 Å². The molecule has 2 rings (SSSR count). The number of hydrogen-bond donors (Lipinski definition) is 2. The molecule has 0 radical (unpaired) electrons. The van der Waals surface area contributed by atoms with E-state index in [1.165, 1.54) is 5.56 Å². The molecule has 1 unspecified atom stereocenters. The van der Waals surface area contributed by atoms with Crippen LogP contribution in [-0.2, 0) is 6.54 Å². The van der Waals surface area contributed by atoms with Crippen molar-refractivity contribution in [3.63, 3.8) is 0 Å². The summed E-state index contributed by atoms with van der Waals surface area (Å²) >= 11 is 0. The predicted molar refractivity (Wildman–Crippen MR) is 53.7 cm³/mol. The summed E-state index contributed by atoms with van der Waals surface area (Å²) in [5, 5.41) is 16.5. The molecular formula is C10H17N3O. The molecule has 4 heteroatoms. The number of aromatic amines is 1. The molecule has 0 aliphatic carbocycles. The molecule has 1 saturated heterocycles. The first kappa shape index (κ1) is 9.68. The van der Waals surface area contributed by atoms with Crippen molar-refractivity contribution < 1.29 is 5.11 Å². The summed E-state index contributed by atoms with van der Waals surface area (Å²) < 4.78 is 0. The molecule has 2 N–H and O–H groups in total. The highest BCUT2D eigenvalue weighted by atomic mass is 16.3. The highest BCUT2D eigenvalue weighted by Gasteiger charge is 2.37. The van der Waals surface area contributed by atoms with Crippen molar-refractivity contribution >= 4 is 0 Å². The third-order valence-corrected chi connectivity index (χ3v) is 2.93. The molecule has 78 valence electrons. The predicted octanol–water partition coefficient (Wildman–Crippen LogP) is 0.612. The van der Waals surface area contributed by atoms with Gasteiger partial charge in [0.1, 0.15) is 0 Å². The van der Waals surface area contributed by atoms with E-state index in [1.807, 2.05) is 12.4 Å². The van der Waals surface area contributed by atoms with Gasteiger partial charge in [0.05, 0.1) is 12.3 Å². The number of aliphatic hydroxyl groups is 1. The van der Waals surface area contributed by atoms with Gasteiger partial charge in [-0.2, -0.15) is 5.10 Å². The first-order valence-corrected chi connectivity index (χ1v) is 4.96. The van der Waals surface area contributed by atoms with Crippen LogP contribution in [0.5, 0.6) is 0 Å². The Morgan fingerprint density at radius 1 is 1.71 bits per heavy atom.